The smallest absolute Gasteiger partial charge is 0.445 e. The number of carbonyl (C=O) groups is 1. The summed E-state index contributed by atoms with van der Waals surface area (Å²) in [5.41, 5.74) is -2.32. The molecule has 0 bridgehead atoms. The van der Waals surface area contributed by atoms with Crippen LogP contribution in [0, 0.1) is 0 Å². The molecule has 37 heavy (non-hydrogen) atoms. The average Bonchev–Trinajstić information content (AvgIpc) is 3.08. The Labute approximate surface area is 215 Å². The van der Waals surface area contributed by atoms with Crippen molar-refractivity contribution in [2.24, 2.45) is 0 Å². The summed E-state index contributed by atoms with van der Waals surface area (Å²) in [5.74, 6) is 0.424. The zero-order chi connectivity index (χ0) is 28.2. The highest BCUT2D eigenvalue weighted by Crippen LogP contribution is 2.66. The molecule has 1 fully saturated rings. The Kier molecular flexibility index (Phi) is 11.4. The van der Waals surface area contributed by atoms with Gasteiger partial charge < -0.3 is 34.2 Å². The second kappa shape index (κ2) is 13.0. The molecule has 18 nitrogen and oxygen atoms in total. The fraction of sp³-hybridized carbons (Fsp3) is 0.643. The number of hydrogen-bond donors (Lipinski definition) is 6. The Morgan fingerprint density at radius 1 is 1.22 bits per heavy atom. The van der Waals surface area contributed by atoms with Gasteiger partial charge in [0.15, 0.2) is 0 Å². The van der Waals surface area contributed by atoms with Crippen LogP contribution in [-0.2, 0) is 36.3 Å². The molecule has 23 heteroatoms. The number of hydrogen-bond acceptors (Lipinski definition) is 14. The van der Waals surface area contributed by atoms with Crippen molar-refractivity contribution in [3.8, 4) is 0 Å². The van der Waals surface area contributed by atoms with Crippen LogP contribution in [0.5, 0.6) is 0 Å². The summed E-state index contributed by atoms with van der Waals surface area (Å²) in [6, 6.07) is 0. The molecule has 1 aliphatic rings. The molecule has 1 aliphatic heterocycles. The number of H-pyrrole nitrogens is 1. The summed E-state index contributed by atoms with van der Waals surface area (Å²) < 4.78 is 56.5. The maximum Gasteiger partial charge on any atom is 0.490 e. The van der Waals surface area contributed by atoms with Crippen molar-refractivity contribution in [3.05, 3.63) is 32.6 Å². The lowest BCUT2D eigenvalue weighted by Gasteiger charge is -2.19. The van der Waals surface area contributed by atoms with E-state index < -0.39 is 71.8 Å². The van der Waals surface area contributed by atoms with E-state index >= 15 is 0 Å². The standard InChI is InChI=1S/C14H23N2O16P3S2/c1-7(6-37-36-2)29-14(20)16-4-8(12(18)15-13(16)19)10-3-9(17)11(30-10)5-28-34(24,25)32-35(26,27)31-33(21,22)23/h4,7,9-11,17H,3,5-6H2,1-2H3,(H,24,25)(H,26,27)(H,15,18,19)(H2,21,22,23)/t7?,9-,10-,11-/m1/s1. The molecule has 2 rings (SSSR count). The molecule has 3 unspecified atom stereocenters. The third-order valence-corrected chi connectivity index (χ3v) is 10.0. The van der Waals surface area contributed by atoms with E-state index in [0.717, 1.165) is 6.20 Å². The van der Waals surface area contributed by atoms with E-state index in [9.17, 15) is 38.1 Å². The number of nitrogens with zero attached hydrogens (tertiary/aromatic N) is 1. The first-order valence-electron chi connectivity index (χ1n) is 9.77. The van der Waals surface area contributed by atoms with Crippen LogP contribution in [0.25, 0.3) is 0 Å². The van der Waals surface area contributed by atoms with Gasteiger partial charge in [0.25, 0.3) is 5.56 Å². The van der Waals surface area contributed by atoms with Gasteiger partial charge in [-0.15, -0.1) is 0 Å². The Morgan fingerprint density at radius 2 is 1.86 bits per heavy atom. The van der Waals surface area contributed by atoms with E-state index in [1.165, 1.54) is 21.6 Å². The van der Waals surface area contributed by atoms with Crippen molar-refractivity contribution in [1.29, 1.82) is 0 Å². The highest BCUT2D eigenvalue weighted by atomic mass is 33.1. The first-order valence-corrected chi connectivity index (χ1v) is 17.0. The monoisotopic (exact) mass is 632 g/mol. The van der Waals surface area contributed by atoms with Gasteiger partial charge in [-0.3, -0.25) is 14.3 Å². The van der Waals surface area contributed by atoms with Crippen LogP contribution in [-0.4, -0.2) is 77.3 Å². The van der Waals surface area contributed by atoms with Crippen LogP contribution in [0.15, 0.2) is 15.8 Å². The second-order valence-corrected chi connectivity index (χ2v) is 14.2. The fourth-order valence-electron chi connectivity index (χ4n) is 2.83. The molecule has 0 radical (unpaired) electrons. The Morgan fingerprint density at radius 3 is 2.46 bits per heavy atom. The van der Waals surface area contributed by atoms with E-state index in [0.29, 0.717) is 10.3 Å². The van der Waals surface area contributed by atoms with Crippen molar-refractivity contribution in [2.75, 3.05) is 18.6 Å². The van der Waals surface area contributed by atoms with Crippen LogP contribution in [0.1, 0.15) is 25.0 Å². The van der Waals surface area contributed by atoms with Crippen molar-refractivity contribution in [3.63, 3.8) is 0 Å². The minimum Gasteiger partial charge on any atom is -0.445 e. The van der Waals surface area contributed by atoms with Crippen molar-refractivity contribution < 1.29 is 65.8 Å². The molecule has 0 amide bonds. The van der Waals surface area contributed by atoms with Gasteiger partial charge in [0, 0.05) is 18.4 Å². The first-order chi connectivity index (χ1) is 16.9. The van der Waals surface area contributed by atoms with E-state index in [-0.39, 0.29) is 12.0 Å². The normalized spacial score (nSPS) is 24.2. The predicted molar refractivity (Wildman–Crippen MR) is 127 cm³/mol. The molecular formula is C14H23N2O16P3S2. The van der Waals surface area contributed by atoms with Gasteiger partial charge in [0.05, 0.1) is 24.4 Å². The Hall–Kier alpha value is -0.820. The van der Waals surface area contributed by atoms with Crippen LogP contribution >= 0.6 is 45.1 Å². The predicted octanol–water partition coefficient (Wildman–Crippen LogP) is 0.455. The second-order valence-electron chi connectivity index (χ2n) is 7.21. The molecule has 1 aromatic heterocycles. The molecule has 0 saturated carbocycles. The van der Waals surface area contributed by atoms with E-state index in [2.05, 4.69) is 13.1 Å². The van der Waals surface area contributed by atoms with Crippen LogP contribution in [0.2, 0.25) is 0 Å². The molecule has 0 spiro atoms. The number of aliphatic hydroxyl groups excluding tert-OH is 1. The minimum absolute atomic E-state index is 0.275. The highest BCUT2D eigenvalue weighted by molar-refractivity contribution is 8.76. The van der Waals surface area contributed by atoms with Crippen LogP contribution in [0.3, 0.4) is 0 Å². The summed E-state index contributed by atoms with van der Waals surface area (Å²) in [7, 11) is -14.0. The number of phosphoric acid groups is 3. The zero-order valence-electron chi connectivity index (χ0n) is 18.8. The lowest BCUT2D eigenvalue weighted by atomic mass is 10.1. The summed E-state index contributed by atoms with van der Waals surface area (Å²) >= 11 is 0. The van der Waals surface area contributed by atoms with Crippen molar-refractivity contribution in [2.45, 2.75) is 37.8 Å². The summed E-state index contributed by atoms with van der Waals surface area (Å²) in [4.78, 5) is 74.5. The number of aromatic amines is 1. The van der Waals surface area contributed by atoms with Crippen molar-refractivity contribution >= 4 is 51.1 Å². The van der Waals surface area contributed by atoms with Crippen LogP contribution in [0.4, 0.5) is 4.79 Å². The Bertz CT molecular complexity index is 1230. The van der Waals surface area contributed by atoms with Crippen LogP contribution < -0.4 is 11.2 Å². The van der Waals surface area contributed by atoms with E-state index in [1.54, 1.807) is 6.92 Å². The van der Waals surface area contributed by atoms with Gasteiger partial charge >= 0.3 is 35.3 Å². The lowest BCUT2D eigenvalue weighted by molar-refractivity contribution is -0.0225. The summed E-state index contributed by atoms with van der Waals surface area (Å²) in [6.07, 6.45) is -3.38. The fourth-order valence-corrected chi connectivity index (χ4v) is 7.24. The molecule has 2 heterocycles. The zero-order valence-corrected chi connectivity index (χ0v) is 23.2. The molecular weight excluding hydrogens is 609 g/mol. The highest BCUT2D eigenvalue weighted by Gasteiger charge is 2.43. The summed E-state index contributed by atoms with van der Waals surface area (Å²) in [5, 5.41) is 10.2. The maximum absolute atomic E-state index is 12.4. The molecule has 6 N–H and O–H groups in total. The minimum atomic E-state index is -5.74. The number of phosphoric ester groups is 1. The maximum atomic E-state index is 12.4. The first kappa shape index (κ1) is 32.4. The number of carbonyl (C=O) groups excluding carboxylic acids is 1. The molecule has 0 aromatic carbocycles. The number of aliphatic hydroxyl groups is 1. The number of ether oxygens (including phenoxy) is 2. The average molecular weight is 632 g/mol. The number of nitrogens with one attached hydrogen (secondary N) is 1. The molecule has 1 aromatic rings. The quantitative estimate of drug-likeness (QED) is 0.135. The SMILES string of the molecule is CSSCC(C)OC(=O)n1cc([C@H]2C[C@@H](O)[C@@H](COP(=O)(O)OP(=O)(O)OP(=O)(O)O)O2)c(=O)[nH]c1=O. The van der Waals surface area contributed by atoms with Gasteiger partial charge in [-0.05, 0) is 13.2 Å². The van der Waals surface area contributed by atoms with Crippen molar-refractivity contribution in [1.82, 2.24) is 9.55 Å². The third-order valence-electron chi connectivity index (χ3n) is 4.28. The lowest BCUT2D eigenvalue weighted by Crippen LogP contribution is -2.37. The largest absolute Gasteiger partial charge is 0.490 e. The molecule has 0 aliphatic carbocycles. The third kappa shape index (κ3) is 10.3. The summed E-state index contributed by atoms with van der Waals surface area (Å²) in [6.45, 7) is 0.628. The Balaban J connectivity index is 2.10. The van der Waals surface area contributed by atoms with Gasteiger partial charge in [-0.25, -0.2) is 27.9 Å². The number of aromatic nitrogens is 2. The molecule has 6 atom stereocenters. The van der Waals surface area contributed by atoms with Gasteiger partial charge in [-0.1, -0.05) is 21.6 Å². The van der Waals surface area contributed by atoms with Gasteiger partial charge in [-0.2, -0.15) is 8.62 Å². The molecule has 1 saturated heterocycles. The topological polar surface area (TPSA) is 270 Å². The van der Waals surface area contributed by atoms with E-state index in [4.69, 9.17) is 24.2 Å². The van der Waals surface area contributed by atoms with Gasteiger partial charge in [0.2, 0.25) is 0 Å². The van der Waals surface area contributed by atoms with Gasteiger partial charge in [0.1, 0.15) is 12.2 Å². The number of rotatable bonds is 12. The molecule has 212 valence electrons. The van der Waals surface area contributed by atoms with E-state index in [1.807, 2.05) is 11.2 Å².